The second kappa shape index (κ2) is 9.08. The van der Waals surface area contributed by atoms with Gasteiger partial charge in [0.25, 0.3) is 0 Å². The summed E-state index contributed by atoms with van der Waals surface area (Å²) in [6.45, 7) is 6.19. The summed E-state index contributed by atoms with van der Waals surface area (Å²) in [7, 11) is 0. The van der Waals surface area contributed by atoms with Crippen molar-refractivity contribution in [1.82, 2.24) is 4.90 Å². The molecular formula is C17H26FNO3. The first kappa shape index (κ1) is 17.2. The van der Waals surface area contributed by atoms with Crippen LogP contribution in [0, 0.1) is 11.7 Å². The van der Waals surface area contributed by atoms with Crippen molar-refractivity contribution >= 4 is 0 Å². The SMILES string of the molecule is CC1CCN(CC(O)COCCOc2ccc(F)cc2)CC1. The van der Waals surface area contributed by atoms with Gasteiger partial charge in [-0.3, -0.25) is 0 Å². The highest BCUT2D eigenvalue weighted by molar-refractivity contribution is 5.21. The van der Waals surface area contributed by atoms with Crippen molar-refractivity contribution in [2.75, 3.05) is 39.5 Å². The van der Waals surface area contributed by atoms with Gasteiger partial charge in [0.05, 0.1) is 19.3 Å². The van der Waals surface area contributed by atoms with Gasteiger partial charge in [0.15, 0.2) is 0 Å². The number of nitrogens with zero attached hydrogens (tertiary/aromatic N) is 1. The van der Waals surface area contributed by atoms with Gasteiger partial charge in [-0.1, -0.05) is 6.92 Å². The molecule has 1 atom stereocenters. The van der Waals surface area contributed by atoms with E-state index in [0.29, 0.717) is 32.1 Å². The fraction of sp³-hybridized carbons (Fsp3) is 0.647. The fourth-order valence-corrected chi connectivity index (χ4v) is 2.56. The molecule has 1 aliphatic heterocycles. The van der Waals surface area contributed by atoms with Crippen LogP contribution in [0.5, 0.6) is 5.75 Å². The number of halogens is 1. The minimum Gasteiger partial charge on any atom is -0.491 e. The molecule has 1 N–H and O–H groups in total. The lowest BCUT2D eigenvalue weighted by Crippen LogP contribution is -2.40. The van der Waals surface area contributed by atoms with Gasteiger partial charge in [-0.15, -0.1) is 0 Å². The topological polar surface area (TPSA) is 41.9 Å². The van der Waals surface area contributed by atoms with E-state index in [9.17, 15) is 9.50 Å². The Kier molecular flexibility index (Phi) is 7.09. The second-order valence-electron chi connectivity index (χ2n) is 6.01. The lowest BCUT2D eigenvalue weighted by Gasteiger charge is -2.31. The molecule has 0 aromatic heterocycles. The van der Waals surface area contributed by atoms with Gasteiger partial charge in [0.2, 0.25) is 0 Å². The van der Waals surface area contributed by atoms with Gasteiger partial charge in [-0.2, -0.15) is 0 Å². The Morgan fingerprint density at radius 2 is 1.91 bits per heavy atom. The fourth-order valence-electron chi connectivity index (χ4n) is 2.56. The summed E-state index contributed by atoms with van der Waals surface area (Å²) in [6.07, 6.45) is 1.96. The van der Waals surface area contributed by atoms with Gasteiger partial charge >= 0.3 is 0 Å². The van der Waals surface area contributed by atoms with Crippen molar-refractivity contribution in [2.24, 2.45) is 5.92 Å². The average molecular weight is 311 g/mol. The molecule has 0 aliphatic carbocycles. The second-order valence-corrected chi connectivity index (χ2v) is 6.01. The third kappa shape index (κ3) is 6.30. The van der Waals surface area contributed by atoms with Crippen LogP contribution in [0.1, 0.15) is 19.8 Å². The largest absolute Gasteiger partial charge is 0.491 e. The van der Waals surface area contributed by atoms with Crippen LogP contribution in [-0.2, 0) is 4.74 Å². The van der Waals surface area contributed by atoms with E-state index in [1.165, 1.54) is 25.0 Å². The van der Waals surface area contributed by atoms with Gasteiger partial charge in [0.1, 0.15) is 18.2 Å². The van der Waals surface area contributed by atoms with E-state index in [1.54, 1.807) is 12.1 Å². The van der Waals surface area contributed by atoms with Crippen molar-refractivity contribution < 1.29 is 19.0 Å². The first-order valence-corrected chi connectivity index (χ1v) is 8.00. The van der Waals surface area contributed by atoms with Crippen molar-refractivity contribution in [3.63, 3.8) is 0 Å². The number of benzene rings is 1. The Morgan fingerprint density at radius 1 is 1.23 bits per heavy atom. The smallest absolute Gasteiger partial charge is 0.123 e. The predicted octanol–water partition coefficient (Wildman–Crippen LogP) is 2.31. The Hall–Kier alpha value is -1.17. The molecule has 1 fully saturated rings. The Morgan fingerprint density at radius 3 is 2.59 bits per heavy atom. The van der Waals surface area contributed by atoms with Crippen molar-refractivity contribution in [2.45, 2.75) is 25.9 Å². The van der Waals surface area contributed by atoms with Crippen LogP contribution in [0.25, 0.3) is 0 Å². The van der Waals surface area contributed by atoms with E-state index in [-0.39, 0.29) is 5.82 Å². The van der Waals surface area contributed by atoms with Crippen LogP contribution in [-0.4, -0.2) is 55.6 Å². The lowest BCUT2D eigenvalue weighted by molar-refractivity contribution is 0.00333. The molecule has 124 valence electrons. The molecule has 2 rings (SSSR count). The quantitative estimate of drug-likeness (QED) is 0.748. The monoisotopic (exact) mass is 311 g/mol. The summed E-state index contributed by atoms with van der Waals surface area (Å²) in [5.41, 5.74) is 0. The number of β-amino-alcohol motifs (C(OH)–C–C–N with tert-alkyl or cyclic N) is 1. The number of piperidine rings is 1. The third-order valence-electron chi connectivity index (χ3n) is 3.97. The first-order valence-electron chi connectivity index (χ1n) is 8.00. The highest BCUT2D eigenvalue weighted by Crippen LogP contribution is 2.16. The van der Waals surface area contributed by atoms with E-state index < -0.39 is 6.10 Å². The van der Waals surface area contributed by atoms with E-state index in [0.717, 1.165) is 19.0 Å². The molecular weight excluding hydrogens is 285 g/mol. The number of aliphatic hydroxyl groups excluding tert-OH is 1. The number of hydrogen-bond acceptors (Lipinski definition) is 4. The molecule has 1 heterocycles. The molecule has 0 bridgehead atoms. The number of likely N-dealkylation sites (tertiary alicyclic amines) is 1. The predicted molar refractivity (Wildman–Crippen MR) is 83.6 cm³/mol. The molecule has 0 spiro atoms. The zero-order valence-electron chi connectivity index (χ0n) is 13.2. The van der Waals surface area contributed by atoms with Crippen LogP contribution >= 0.6 is 0 Å². The molecule has 4 nitrogen and oxygen atoms in total. The molecule has 1 unspecified atom stereocenters. The zero-order chi connectivity index (χ0) is 15.8. The van der Waals surface area contributed by atoms with E-state index in [2.05, 4.69) is 11.8 Å². The summed E-state index contributed by atoms with van der Waals surface area (Å²) in [5, 5.41) is 9.97. The van der Waals surface area contributed by atoms with E-state index >= 15 is 0 Å². The van der Waals surface area contributed by atoms with Crippen molar-refractivity contribution in [3.05, 3.63) is 30.1 Å². The Balaban J connectivity index is 1.51. The molecule has 1 aromatic carbocycles. The van der Waals surface area contributed by atoms with Crippen LogP contribution in [0.4, 0.5) is 4.39 Å². The van der Waals surface area contributed by atoms with E-state index in [4.69, 9.17) is 9.47 Å². The van der Waals surface area contributed by atoms with Crippen LogP contribution < -0.4 is 4.74 Å². The summed E-state index contributed by atoms with van der Waals surface area (Å²) >= 11 is 0. The highest BCUT2D eigenvalue weighted by atomic mass is 19.1. The number of rotatable bonds is 8. The lowest BCUT2D eigenvalue weighted by atomic mass is 9.99. The minimum absolute atomic E-state index is 0.279. The maximum atomic E-state index is 12.7. The van der Waals surface area contributed by atoms with Crippen LogP contribution in [0.2, 0.25) is 0 Å². The highest BCUT2D eigenvalue weighted by Gasteiger charge is 2.18. The number of hydrogen-bond donors (Lipinski definition) is 1. The Bertz CT molecular complexity index is 418. The van der Waals surface area contributed by atoms with Gasteiger partial charge in [-0.05, 0) is 56.1 Å². The molecule has 0 amide bonds. The molecule has 1 aromatic rings. The normalized spacial score (nSPS) is 18.3. The van der Waals surface area contributed by atoms with Crippen LogP contribution in [0.15, 0.2) is 24.3 Å². The zero-order valence-corrected chi connectivity index (χ0v) is 13.2. The molecule has 1 aliphatic rings. The third-order valence-corrected chi connectivity index (χ3v) is 3.97. The first-order chi connectivity index (χ1) is 10.6. The molecule has 1 saturated heterocycles. The molecule has 0 saturated carbocycles. The van der Waals surface area contributed by atoms with E-state index in [1.807, 2.05) is 0 Å². The maximum absolute atomic E-state index is 12.7. The average Bonchev–Trinajstić information content (AvgIpc) is 2.51. The maximum Gasteiger partial charge on any atom is 0.123 e. The summed E-state index contributed by atoms with van der Waals surface area (Å²) < 4.78 is 23.6. The molecule has 5 heteroatoms. The standard InChI is InChI=1S/C17H26FNO3/c1-14-6-8-19(9-7-14)12-16(20)13-21-10-11-22-17-4-2-15(18)3-5-17/h2-5,14,16,20H,6-13H2,1H3. The summed E-state index contributed by atoms with van der Waals surface area (Å²) in [5.74, 6) is 1.14. The minimum atomic E-state index is -0.459. The van der Waals surface area contributed by atoms with Gasteiger partial charge in [0, 0.05) is 6.54 Å². The summed E-state index contributed by atoms with van der Waals surface area (Å²) in [4.78, 5) is 2.29. The summed E-state index contributed by atoms with van der Waals surface area (Å²) in [6, 6.07) is 5.89. The molecule has 0 radical (unpaired) electrons. The van der Waals surface area contributed by atoms with Crippen molar-refractivity contribution in [1.29, 1.82) is 0 Å². The van der Waals surface area contributed by atoms with Gasteiger partial charge in [-0.25, -0.2) is 4.39 Å². The number of aliphatic hydroxyl groups is 1. The number of ether oxygens (including phenoxy) is 2. The Labute approximate surface area is 131 Å². The molecule has 22 heavy (non-hydrogen) atoms. The van der Waals surface area contributed by atoms with Crippen LogP contribution in [0.3, 0.4) is 0 Å². The van der Waals surface area contributed by atoms with Gasteiger partial charge < -0.3 is 19.5 Å². The van der Waals surface area contributed by atoms with Crippen molar-refractivity contribution in [3.8, 4) is 5.75 Å².